The Morgan fingerprint density at radius 2 is 1.91 bits per heavy atom. The predicted molar refractivity (Wildman–Crippen MR) is 89.1 cm³/mol. The van der Waals surface area contributed by atoms with Crippen LogP contribution in [-0.4, -0.2) is 24.8 Å². The Morgan fingerprint density at radius 1 is 1.27 bits per heavy atom. The van der Waals surface area contributed by atoms with E-state index in [0.717, 1.165) is 18.4 Å². The molecule has 0 spiro atoms. The smallest absolute Gasteiger partial charge is 0.260 e. The van der Waals surface area contributed by atoms with Gasteiger partial charge in [0.05, 0.1) is 6.21 Å². The van der Waals surface area contributed by atoms with Crippen molar-refractivity contribution in [1.29, 1.82) is 0 Å². The van der Waals surface area contributed by atoms with Gasteiger partial charge < -0.3 is 10.2 Å². The van der Waals surface area contributed by atoms with Crippen LogP contribution in [0.25, 0.3) is 0 Å². The lowest BCUT2D eigenvalue weighted by atomic mass is 9.87. The number of hydrogen-bond acceptors (Lipinski definition) is 3. The number of benzene rings is 1. The van der Waals surface area contributed by atoms with Crippen LogP contribution < -0.4 is 5.32 Å². The summed E-state index contributed by atoms with van der Waals surface area (Å²) in [7, 11) is 0. The van der Waals surface area contributed by atoms with Crippen LogP contribution in [0.3, 0.4) is 0 Å². The average Bonchev–Trinajstić information content (AvgIpc) is 2.96. The van der Waals surface area contributed by atoms with Crippen LogP contribution in [0.15, 0.2) is 29.4 Å². The lowest BCUT2D eigenvalue weighted by Crippen LogP contribution is -2.34. The van der Waals surface area contributed by atoms with Gasteiger partial charge in [0.2, 0.25) is 0 Å². The molecule has 4 heteroatoms. The molecule has 1 N–H and O–H groups in total. The van der Waals surface area contributed by atoms with Crippen molar-refractivity contribution in [3.05, 3.63) is 35.4 Å². The zero-order valence-electron chi connectivity index (χ0n) is 13.8. The molecule has 120 valence electrons. The number of carbonyl (C=O) groups is 1. The van der Waals surface area contributed by atoms with Crippen molar-refractivity contribution in [2.45, 2.75) is 57.9 Å². The molecule has 0 atom stereocenters. The summed E-state index contributed by atoms with van der Waals surface area (Å²) in [4.78, 5) is 16.7. The van der Waals surface area contributed by atoms with Crippen LogP contribution in [0.5, 0.6) is 0 Å². The number of amides is 1. The van der Waals surface area contributed by atoms with Gasteiger partial charge in [0, 0.05) is 6.04 Å². The summed E-state index contributed by atoms with van der Waals surface area (Å²) in [5.74, 6) is -0.0906. The maximum Gasteiger partial charge on any atom is 0.260 e. The van der Waals surface area contributed by atoms with Gasteiger partial charge in [0.1, 0.15) is 0 Å². The standard InChI is InChI=1S/C18H26N2O2/c1-18(2,3)15-10-8-14(9-11-15)12-19-22-13-17(21)20-16-6-4-5-7-16/h8-12,16H,4-7,13H2,1-3H3,(H,20,21)/b19-12+. The Bertz CT molecular complexity index is 509. The summed E-state index contributed by atoms with van der Waals surface area (Å²) < 4.78 is 0. The van der Waals surface area contributed by atoms with E-state index < -0.39 is 0 Å². The highest BCUT2D eigenvalue weighted by molar-refractivity contribution is 5.80. The first-order chi connectivity index (χ1) is 10.4. The Morgan fingerprint density at radius 3 is 2.50 bits per heavy atom. The van der Waals surface area contributed by atoms with Crippen molar-refractivity contribution in [3.8, 4) is 0 Å². The van der Waals surface area contributed by atoms with Crippen molar-refractivity contribution < 1.29 is 9.63 Å². The highest BCUT2D eigenvalue weighted by Gasteiger charge is 2.17. The molecule has 0 unspecified atom stereocenters. The number of rotatable bonds is 5. The molecule has 1 aromatic carbocycles. The minimum absolute atomic E-state index is 0.0208. The van der Waals surface area contributed by atoms with Gasteiger partial charge in [-0.25, -0.2) is 0 Å². The molecule has 1 saturated carbocycles. The largest absolute Gasteiger partial charge is 0.386 e. The third-order valence-electron chi connectivity index (χ3n) is 3.97. The van der Waals surface area contributed by atoms with E-state index in [1.54, 1.807) is 6.21 Å². The highest BCUT2D eigenvalue weighted by Crippen LogP contribution is 2.21. The van der Waals surface area contributed by atoms with Crippen molar-refractivity contribution in [3.63, 3.8) is 0 Å². The zero-order chi connectivity index (χ0) is 16.0. The molecule has 4 nitrogen and oxygen atoms in total. The monoisotopic (exact) mass is 302 g/mol. The minimum atomic E-state index is -0.0906. The number of carbonyl (C=O) groups excluding carboxylic acids is 1. The maximum atomic E-state index is 11.7. The third-order valence-corrected chi connectivity index (χ3v) is 3.97. The zero-order valence-corrected chi connectivity index (χ0v) is 13.8. The molecular weight excluding hydrogens is 276 g/mol. The van der Waals surface area contributed by atoms with Crippen LogP contribution in [0.2, 0.25) is 0 Å². The van der Waals surface area contributed by atoms with Gasteiger partial charge in [-0.2, -0.15) is 0 Å². The summed E-state index contributed by atoms with van der Waals surface area (Å²) in [6.07, 6.45) is 6.20. The lowest BCUT2D eigenvalue weighted by Gasteiger charge is -2.18. The van der Waals surface area contributed by atoms with E-state index in [-0.39, 0.29) is 17.9 Å². The Labute approximate surface area is 132 Å². The molecule has 0 bridgehead atoms. The van der Waals surface area contributed by atoms with E-state index in [4.69, 9.17) is 4.84 Å². The fourth-order valence-corrected chi connectivity index (χ4v) is 2.60. The molecule has 1 aliphatic carbocycles. The quantitative estimate of drug-likeness (QED) is 0.669. The van der Waals surface area contributed by atoms with Crippen LogP contribution >= 0.6 is 0 Å². The first-order valence-electron chi connectivity index (χ1n) is 8.00. The molecule has 22 heavy (non-hydrogen) atoms. The molecule has 2 rings (SSSR count). The van der Waals surface area contributed by atoms with Gasteiger partial charge in [0.25, 0.3) is 5.91 Å². The van der Waals surface area contributed by atoms with E-state index in [2.05, 4.69) is 43.4 Å². The molecule has 1 aromatic rings. The molecule has 0 aromatic heterocycles. The fraction of sp³-hybridized carbons (Fsp3) is 0.556. The molecule has 1 amide bonds. The molecule has 0 saturated heterocycles. The van der Waals surface area contributed by atoms with Crippen molar-refractivity contribution in [1.82, 2.24) is 5.32 Å². The topological polar surface area (TPSA) is 50.7 Å². The minimum Gasteiger partial charge on any atom is -0.386 e. The van der Waals surface area contributed by atoms with Crippen LogP contribution in [0.1, 0.15) is 57.6 Å². The third kappa shape index (κ3) is 5.17. The van der Waals surface area contributed by atoms with Crippen molar-refractivity contribution >= 4 is 12.1 Å². The second-order valence-electron chi connectivity index (χ2n) is 6.93. The normalized spacial score (nSPS) is 16.1. The summed E-state index contributed by atoms with van der Waals surface area (Å²) in [5, 5.41) is 6.83. The van der Waals surface area contributed by atoms with Crippen molar-refractivity contribution in [2.75, 3.05) is 6.61 Å². The Kier molecular flexibility index (Phi) is 5.58. The summed E-state index contributed by atoms with van der Waals surface area (Å²) >= 11 is 0. The number of nitrogens with zero attached hydrogens (tertiary/aromatic N) is 1. The predicted octanol–water partition coefficient (Wildman–Crippen LogP) is 3.39. The molecular formula is C18H26N2O2. The second-order valence-corrected chi connectivity index (χ2v) is 6.93. The molecule has 0 aliphatic heterocycles. The SMILES string of the molecule is CC(C)(C)c1ccc(/C=N/OCC(=O)NC2CCCC2)cc1. The highest BCUT2D eigenvalue weighted by atomic mass is 16.6. The van der Waals surface area contributed by atoms with Gasteiger partial charge in [-0.1, -0.05) is 63.0 Å². The van der Waals surface area contributed by atoms with Gasteiger partial charge in [-0.3, -0.25) is 4.79 Å². The maximum absolute atomic E-state index is 11.7. The summed E-state index contributed by atoms with van der Waals surface area (Å²) in [6, 6.07) is 8.52. The first kappa shape index (κ1) is 16.5. The summed E-state index contributed by atoms with van der Waals surface area (Å²) in [5.41, 5.74) is 2.38. The summed E-state index contributed by atoms with van der Waals surface area (Å²) in [6.45, 7) is 6.53. The van der Waals surface area contributed by atoms with Crippen LogP contribution in [0, 0.1) is 0 Å². The first-order valence-corrected chi connectivity index (χ1v) is 8.00. The van der Waals surface area contributed by atoms with E-state index in [0.29, 0.717) is 6.04 Å². The van der Waals surface area contributed by atoms with E-state index in [9.17, 15) is 4.79 Å². The van der Waals surface area contributed by atoms with E-state index in [1.807, 2.05) is 12.1 Å². The van der Waals surface area contributed by atoms with Gasteiger partial charge >= 0.3 is 0 Å². The molecule has 0 radical (unpaired) electrons. The second kappa shape index (κ2) is 7.43. The molecule has 0 heterocycles. The van der Waals surface area contributed by atoms with Gasteiger partial charge in [-0.05, 0) is 29.4 Å². The van der Waals surface area contributed by atoms with Crippen LogP contribution in [0.4, 0.5) is 0 Å². The number of nitrogens with one attached hydrogen (secondary N) is 1. The molecule has 1 fully saturated rings. The van der Waals surface area contributed by atoms with E-state index >= 15 is 0 Å². The van der Waals surface area contributed by atoms with Gasteiger partial charge in [0.15, 0.2) is 6.61 Å². The van der Waals surface area contributed by atoms with Crippen molar-refractivity contribution in [2.24, 2.45) is 5.16 Å². The van der Waals surface area contributed by atoms with Gasteiger partial charge in [-0.15, -0.1) is 0 Å². The fourth-order valence-electron chi connectivity index (χ4n) is 2.60. The van der Waals surface area contributed by atoms with E-state index in [1.165, 1.54) is 18.4 Å². The number of hydrogen-bond donors (Lipinski definition) is 1. The molecule has 1 aliphatic rings. The Hall–Kier alpha value is -1.84. The van der Waals surface area contributed by atoms with Crippen LogP contribution in [-0.2, 0) is 15.0 Å². The average molecular weight is 302 g/mol. The number of oxime groups is 1. The lowest BCUT2D eigenvalue weighted by molar-refractivity contribution is -0.126. The Balaban J connectivity index is 1.74.